The van der Waals surface area contributed by atoms with Crippen molar-refractivity contribution in [3.63, 3.8) is 0 Å². The fraction of sp³-hybridized carbons (Fsp3) is 0.318. The van der Waals surface area contributed by atoms with Crippen LogP contribution in [0, 0.1) is 0 Å². The largest absolute Gasteiger partial charge is 0.383 e. The molecule has 2 aromatic carbocycles. The molecule has 0 aliphatic carbocycles. The molecule has 2 N–H and O–H groups in total. The molecule has 1 amide bonds. The number of aliphatic hydroxyl groups is 1. The summed E-state index contributed by atoms with van der Waals surface area (Å²) in [5.41, 5.74) is -0.458. The second-order valence-corrected chi connectivity index (χ2v) is 11.2. The molecule has 0 radical (unpaired) electrons. The molecule has 0 spiro atoms. The van der Waals surface area contributed by atoms with E-state index in [0.29, 0.717) is 5.56 Å². The summed E-state index contributed by atoms with van der Waals surface area (Å²) in [4.78, 5) is 13.4. The van der Waals surface area contributed by atoms with Gasteiger partial charge in [0.05, 0.1) is 23.1 Å². The zero-order valence-corrected chi connectivity index (χ0v) is 18.3. The first-order valence-electron chi connectivity index (χ1n) is 9.40. The quantitative estimate of drug-likeness (QED) is 0.598. The SMILES string of the molecule is CC(C)S(=O)(=O)c1ccc(CC(=O)NCC(C)(O)c2cc3ccccc3s2)cc1. The van der Waals surface area contributed by atoms with Gasteiger partial charge in [-0.15, -0.1) is 11.3 Å². The van der Waals surface area contributed by atoms with E-state index in [9.17, 15) is 18.3 Å². The van der Waals surface area contributed by atoms with Crippen molar-refractivity contribution in [1.82, 2.24) is 5.32 Å². The monoisotopic (exact) mass is 431 g/mol. The number of hydrogen-bond donors (Lipinski definition) is 2. The molecule has 0 saturated heterocycles. The van der Waals surface area contributed by atoms with Crippen molar-refractivity contribution >= 4 is 37.2 Å². The zero-order valence-electron chi connectivity index (χ0n) is 16.7. The van der Waals surface area contributed by atoms with Crippen LogP contribution in [0.4, 0.5) is 0 Å². The number of carbonyl (C=O) groups is 1. The summed E-state index contributed by atoms with van der Waals surface area (Å²) in [6.45, 7) is 5.06. The number of hydrogen-bond acceptors (Lipinski definition) is 5. The topological polar surface area (TPSA) is 83.5 Å². The van der Waals surface area contributed by atoms with Gasteiger partial charge in [-0.2, -0.15) is 0 Å². The Morgan fingerprint density at radius 2 is 1.79 bits per heavy atom. The third-order valence-electron chi connectivity index (χ3n) is 4.82. The van der Waals surface area contributed by atoms with Gasteiger partial charge in [-0.25, -0.2) is 8.42 Å². The van der Waals surface area contributed by atoms with Gasteiger partial charge in [0.25, 0.3) is 0 Å². The Labute approximate surface area is 175 Å². The van der Waals surface area contributed by atoms with Crippen molar-refractivity contribution in [2.24, 2.45) is 0 Å². The summed E-state index contributed by atoms with van der Waals surface area (Å²) < 4.78 is 25.4. The molecule has 154 valence electrons. The van der Waals surface area contributed by atoms with Crippen molar-refractivity contribution in [3.05, 3.63) is 65.0 Å². The number of benzene rings is 2. The van der Waals surface area contributed by atoms with Crippen molar-refractivity contribution in [1.29, 1.82) is 0 Å². The number of nitrogens with one attached hydrogen (secondary N) is 1. The third-order valence-corrected chi connectivity index (χ3v) is 8.36. The number of sulfone groups is 1. The van der Waals surface area contributed by atoms with Crippen LogP contribution in [0.15, 0.2) is 59.5 Å². The minimum atomic E-state index is -3.33. The highest BCUT2D eigenvalue weighted by atomic mass is 32.2. The van der Waals surface area contributed by atoms with Crippen LogP contribution >= 0.6 is 11.3 Å². The summed E-state index contributed by atoms with van der Waals surface area (Å²) >= 11 is 1.51. The summed E-state index contributed by atoms with van der Waals surface area (Å²) in [5, 5.41) is 14.2. The minimum absolute atomic E-state index is 0.0957. The highest BCUT2D eigenvalue weighted by molar-refractivity contribution is 7.92. The third kappa shape index (κ3) is 4.86. The van der Waals surface area contributed by atoms with Crippen molar-refractivity contribution in [2.75, 3.05) is 6.54 Å². The summed E-state index contributed by atoms with van der Waals surface area (Å²) in [6, 6.07) is 16.2. The average molecular weight is 432 g/mol. The van der Waals surface area contributed by atoms with E-state index in [-0.39, 0.29) is 23.8 Å². The first kappa shape index (κ1) is 21.5. The van der Waals surface area contributed by atoms with E-state index >= 15 is 0 Å². The maximum atomic E-state index is 12.3. The molecule has 0 bridgehead atoms. The molecular formula is C22H25NO4S2. The lowest BCUT2D eigenvalue weighted by molar-refractivity contribution is -0.121. The fourth-order valence-electron chi connectivity index (χ4n) is 2.92. The van der Waals surface area contributed by atoms with E-state index in [2.05, 4.69) is 5.32 Å². The van der Waals surface area contributed by atoms with Crippen LogP contribution < -0.4 is 5.32 Å². The van der Waals surface area contributed by atoms with E-state index in [1.54, 1.807) is 32.9 Å². The Bertz CT molecular complexity index is 1080. The first-order chi connectivity index (χ1) is 13.6. The highest BCUT2D eigenvalue weighted by Gasteiger charge is 2.26. The van der Waals surface area contributed by atoms with Crippen LogP contribution in [0.2, 0.25) is 0 Å². The van der Waals surface area contributed by atoms with Crippen LogP contribution in [0.1, 0.15) is 31.2 Å². The van der Waals surface area contributed by atoms with Gasteiger partial charge in [0, 0.05) is 9.58 Å². The van der Waals surface area contributed by atoms with Crippen molar-refractivity contribution < 1.29 is 18.3 Å². The summed E-state index contributed by atoms with van der Waals surface area (Å²) in [6.07, 6.45) is 0.116. The highest BCUT2D eigenvalue weighted by Crippen LogP contribution is 2.32. The number of carbonyl (C=O) groups excluding carboxylic acids is 1. The molecule has 0 fully saturated rings. The van der Waals surface area contributed by atoms with Crippen LogP contribution in [0.3, 0.4) is 0 Å². The molecule has 3 aromatic rings. The van der Waals surface area contributed by atoms with Gasteiger partial charge in [-0.3, -0.25) is 4.79 Å². The maximum Gasteiger partial charge on any atom is 0.224 e. The van der Waals surface area contributed by atoms with Gasteiger partial charge in [0.2, 0.25) is 5.91 Å². The molecule has 0 saturated carbocycles. The Hall–Kier alpha value is -2.22. The maximum absolute atomic E-state index is 12.3. The van der Waals surface area contributed by atoms with Gasteiger partial charge in [-0.1, -0.05) is 30.3 Å². The van der Waals surface area contributed by atoms with E-state index in [1.807, 2.05) is 30.3 Å². The van der Waals surface area contributed by atoms with Crippen LogP contribution in [-0.2, 0) is 26.7 Å². The van der Waals surface area contributed by atoms with Gasteiger partial charge in [-0.05, 0) is 56.0 Å². The van der Waals surface area contributed by atoms with E-state index in [0.717, 1.165) is 15.0 Å². The molecule has 1 aromatic heterocycles. The van der Waals surface area contributed by atoms with Gasteiger partial charge >= 0.3 is 0 Å². The Kier molecular flexibility index (Phi) is 6.12. The lowest BCUT2D eigenvalue weighted by Gasteiger charge is -2.22. The molecule has 7 heteroatoms. The Balaban J connectivity index is 1.62. The standard InChI is InChI=1S/C22H25NO4S2/c1-15(2)29(26,27)18-10-8-16(9-11-18)12-21(24)23-14-22(3,25)20-13-17-6-4-5-7-19(17)28-20/h4-11,13,15,25H,12,14H2,1-3H3,(H,23,24). The second-order valence-electron chi connectivity index (χ2n) is 7.61. The fourth-order valence-corrected chi connectivity index (χ4v) is 5.09. The van der Waals surface area contributed by atoms with Gasteiger partial charge < -0.3 is 10.4 Å². The van der Waals surface area contributed by atoms with Crippen molar-refractivity contribution in [3.8, 4) is 0 Å². The van der Waals surface area contributed by atoms with E-state index < -0.39 is 20.7 Å². The first-order valence-corrected chi connectivity index (χ1v) is 11.8. The Morgan fingerprint density at radius 3 is 2.41 bits per heavy atom. The lowest BCUT2D eigenvalue weighted by atomic mass is 10.0. The molecule has 1 heterocycles. The average Bonchev–Trinajstić information content (AvgIpc) is 3.12. The smallest absolute Gasteiger partial charge is 0.224 e. The molecular weight excluding hydrogens is 406 g/mol. The summed E-state index contributed by atoms with van der Waals surface area (Å²) in [7, 11) is -3.33. The van der Waals surface area contributed by atoms with E-state index in [4.69, 9.17) is 0 Å². The molecule has 1 unspecified atom stereocenters. The lowest BCUT2D eigenvalue weighted by Crippen LogP contribution is -2.38. The second kappa shape index (κ2) is 8.26. The number of fused-ring (bicyclic) bond motifs is 1. The normalized spacial score (nSPS) is 14.1. The minimum Gasteiger partial charge on any atom is -0.383 e. The molecule has 3 rings (SSSR count). The number of rotatable bonds is 7. The Morgan fingerprint density at radius 1 is 1.14 bits per heavy atom. The predicted octanol–water partition coefficient (Wildman–Crippen LogP) is 3.65. The van der Waals surface area contributed by atoms with Gasteiger partial charge in [0.1, 0.15) is 5.60 Å². The molecule has 0 aliphatic rings. The molecule has 29 heavy (non-hydrogen) atoms. The van der Waals surface area contributed by atoms with Crippen LogP contribution in [0.5, 0.6) is 0 Å². The molecule has 0 aliphatic heterocycles. The summed E-state index contributed by atoms with van der Waals surface area (Å²) in [5.74, 6) is -0.231. The molecule has 5 nitrogen and oxygen atoms in total. The predicted molar refractivity (Wildman–Crippen MR) is 117 cm³/mol. The molecule has 1 atom stereocenters. The number of amides is 1. The van der Waals surface area contributed by atoms with Crippen molar-refractivity contribution in [2.45, 2.75) is 42.9 Å². The van der Waals surface area contributed by atoms with Crippen LogP contribution in [0.25, 0.3) is 10.1 Å². The zero-order chi connectivity index (χ0) is 21.2. The van der Waals surface area contributed by atoms with Gasteiger partial charge in [0.15, 0.2) is 9.84 Å². The van der Waals surface area contributed by atoms with E-state index in [1.165, 1.54) is 23.5 Å². The van der Waals surface area contributed by atoms with Crippen LogP contribution in [-0.4, -0.2) is 31.2 Å². The number of thiophene rings is 1.